The number of hydrogen-bond acceptors (Lipinski definition) is 6. The number of aliphatic hydroxyl groups excluding tert-OH is 1. The van der Waals surface area contributed by atoms with Gasteiger partial charge in [-0.2, -0.15) is 9.61 Å². The highest BCUT2D eigenvalue weighted by Gasteiger charge is 2.49. The Morgan fingerprint density at radius 1 is 1.29 bits per heavy atom. The quantitative estimate of drug-likeness (QED) is 0.862. The molecule has 2 bridgehead atoms. The van der Waals surface area contributed by atoms with Crippen molar-refractivity contribution in [3.8, 4) is 0 Å². The van der Waals surface area contributed by atoms with Gasteiger partial charge in [-0.15, -0.1) is 10.2 Å². The van der Waals surface area contributed by atoms with Crippen molar-refractivity contribution >= 4 is 17.2 Å². The Morgan fingerprint density at radius 2 is 2.11 bits per heavy atom. The third-order valence-corrected chi connectivity index (χ3v) is 6.88. The van der Waals surface area contributed by atoms with Gasteiger partial charge in [-0.05, 0) is 43.1 Å². The monoisotopic (exact) mass is 384 g/mol. The number of amides is 1. The Kier molecular flexibility index (Phi) is 4.26. The van der Waals surface area contributed by atoms with Gasteiger partial charge in [0.1, 0.15) is 6.33 Å². The van der Waals surface area contributed by atoms with Crippen LogP contribution in [0.5, 0.6) is 0 Å². The van der Waals surface area contributed by atoms with E-state index in [2.05, 4.69) is 40.1 Å². The lowest BCUT2D eigenvalue weighted by molar-refractivity contribution is -0.150. The zero-order valence-corrected chi connectivity index (χ0v) is 16.5. The average Bonchev–Trinajstić information content (AvgIpc) is 3.17. The van der Waals surface area contributed by atoms with Crippen LogP contribution in [-0.2, 0) is 4.79 Å². The molecule has 0 aromatic carbocycles. The number of aliphatic hydroxyl groups is 1. The minimum Gasteiger partial charge on any atom is -0.394 e. The molecule has 3 aliphatic heterocycles. The standard InChI is InChI=1S/C20H28N6O2/c1-12(2)15-7-17(20-22-21-11-25(20)23-15)24-8-13-6-14(9-24)18(10-27)26-16(13)4-3-5-19(26)28/h7,11-14,16,18,27H,3-6,8-10H2,1-2H3/t13-,14+,16+,18+/m1/s1. The molecular weight excluding hydrogens is 356 g/mol. The maximum Gasteiger partial charge on any atom is 0.223 e. The number of nitrogens with zero attached hydrogens (tertiary/aromatic N) is 6. The second kappa shape index (κ2) is 6.69. The first-order valence-corrected chi connectivity index (χ1v) is 10.4. The molecule has 150 valence electrons. The molecule has 5 heterocycles. The Morgan fingerprint density at radius 3 is 2.89 bits per heavy atom. The number of fused-ring (bicyclic) bond motifs is 5. The summed E-state index contributed by atoms with van der Waals surface area (Å²) in [5, 5.41) is 23.1. The van der Waals surface area contributed by atoms with Gasteiger partial charge in [0.25, 0.3) is 0 Å². The molecule has 1 N–H and O–H groups in total. The summed E-state index contributed by atoms with van der Waals surface area (Å²) in [7, 11) is 0. The van der Waals surface area contributed by atoms with Gasteiger partial charge in [0.2, 0.25) is 11.6 Å². The summed E-state index contributed by atoms with van der Waals surface area (Å²) in [6, 6.07) is 2.32. The summed E-state index contributed by atoms with van der Waals surface area (Å²) in [5.74, 6) is 1.25. The highest BCUT2D eigenvalue weighted by atomic mass is 16.3. The van der Waals surface area contributed by atoms with Crippen molar-refractivity contribution in [3.05, 3.63) is 18.1 Å². The largest absolute Gasteiger partial charge is 0.394 e. The molecule has 5 rings (SSSR count). The molecule has 28 heavy (non-hydrogen) atoms. The Balaban J connectivity index is 1.53. The molecule has 0 aliphatic carbocycles. The number of rotatable bonds is 3. The van der Waals surface area contributed by atoms with Crippen molar-refractivity contribution in [2.24, 2.45) is 11.8 Å². The van der Waals surface area contributed by atoms with Crippen LogP contribution in [0.1, 0.15) is 51.1 Å². The fraction of sp³-hybridized carbons (Fsp3) is 0.700. The van der Waals surface area contributed by atoms with E-state index in [1.54, 1.807) is 10.8 Å². The number of carbonyl (C=O) groups excluding carboxylic acids is 1. The molecule has 8 heteroatoms. The van der Waals surface area contributed by atoms with E-state index in [1.165, 1.54) is 0 Å². The fourth-order valence-electron chi connectivity index (χ4n) is 5.55. The first kappa shape index (κ1) is 17.8. The van der Waals surface area contributed by atoms with Crippen molar-refractivity contribution < 1.29 is 9.90 Å². The number of carbonyl (C=O) groups is 1. The molecule has 0 spiro atoms. The van der Waals surface area contributed by atoms with Crippen LogP contribution in [0.2, 0.25) is 0 Å². The lowest BCUT2D eigenvalue weighted by atomic mass is 9.72. The molecule has 2 aromatic rings. The zero-order chi connectivity index (χ0) is 19.4. The Bertz CT molecular complexity index is 882. The van der Waals surface area contributed by atoms with Gasteiger partial charge >= 0.3 is 0 Å². The van der Waals surface area contributed by atoms with Crippen LogP contribution >= 0.6 is 0 Å². The minimum atomic E-state index is -0.0721. The summed E-state index contributed by atoms with van der Waals surface area (Å²) < 4.78 is 1.77. The molecule has 3 saturated heterocycles. The predicted molar refractivity (Wildman–Crippen MR) is 104 cm³/mol. The summed E-state index contributed by atoms with van der Waals surface area (Å²) in [6.07, 6.45) is 5.37. The Hall–Kier alpha value is -2.22. The van der Waals surface area contributed by atoms with Crippen LogP contribution in [0, 0.1) is 11.8 Å². The summed E-state index contributed by atoms with van der Waals surface area (Å²) in [5.41, 5.74) is 2.87. The van der Waals surface area contributed by atoms with Crippen molar-refractivity contribution in [3.63, 3.8) is 0 Å². The molecule has 0 saturated carbocycles. The van der Waals surface area contributed by atoms with Crippen LogP contribution in [0.15, 0.2) is 12.4 Å². The van der Waals surface area contributed by atoms with E-state index in [9.17, 15) is 9.90 Å². The van der Waals surface area contributed by atoms with E-state index < -0.39 is 0 Å². The first-order chi connectivity index (χ1) is 13.6. The summed E-state index contributed by atoms with van der Waals surface area (Å²) in [4.78, 5) is 17.0. The SMILES string of the molecule is CC(C)c1cc(N2C[C@H]3C[C@@H](C2)[C@H](CO)N2C(=O)CCC[C@@H]32)c2nncn2n1. The van der Waals surface area contributed by atoms with Crippen LogP contribution in [0.3, 0.4) is 0 Å². The van der Waals surface area contributed by atoms with Gasteiger partial charge in [0.05, 0.1) is 24.0 Å². The van der Waals surface area contributed by atoms with E-state index in [1.807, 2.05) is 4.90 Å². The van der Waals surface area contributed by atoms with E-state index >= 15 is 0 Å². The molecule has 3 fully saturated rings. The zero-order valence-electron chi connectivity index (χ0n) is 16.5. The fourth-order valence-corrected chi connectivity index (χ4v) is 5.55. The smallest absolute Gasteiger partial charge is 0.223 e. The highest BCUT2D eigenvalue weighted by Crippen LogP contribution is 2.43. The van der Waals surface area contributed by atoms with Crippen molar-refractivity contribution in [1.29, 1.82) is 0 Å². The van der Waals surface area contributed by atoms with Crippen molar-refractivity contribution in [1.82, 2.24) is 24.7 Å². The normalized spacial score (nSPS) is 30.2. The minimum absolute atomic E-state index is 0.0431. The van der Waals surface area contributed by atoms with E-state index in [-0.39, 0.29) is 30.5 Å². The molecule has 3 aliphatic rings. The second-order valence-electron chi connectivity index (χ2n) is 8.88. The molecule has 4 atom stereocenters. The maximum absolute atomic E-state index is 12.6. The number of aromatic nitrogens is 4. The van der Waals surface area contributed by atoms with Crippen LogP contribution < -0.4 is 4.90 Å². The van der Waals surface area contributed by atoms with Crippen LogP contribution in [0.25, 0.3) is 5.65 Å². The molecule has 8 nitrogen and oxygen atoms in total. The summed E-state index contributed by atoms with van der Waals surface area (Å²) >= 11 is 0. The van der Waals surface area contributed by atoms with Gasteiger partial charge in [-0.25, -0.2) is 0 Å². The molecule has 2 aromatic heterocycles. The van der Waals surface area contributed by atoms with Crippen LogP contribution in [-0.4, -0.2) is 67.5 Å². The lowest BCUT2D eigenvalue weighted by Gasteiger charge is -2.56. The molecular formula is C20H28N6O2. The van der Waals surface area contributed by atoms with Crippen molar-refractivity contribution in [2.75, 3.05) is 24.6 Å². The number of hydrogen-bond donors (Lipinski definition) is 1. The van der Waals surface area contributed by atoms with Gasteiger partial charge in [0, 0.05) is 25.6 Å². The van der Waals surface area contributed by atoms with E-state index in [0.717, 1.165) is 49.4 Å². The maximum atomic E-state index is 12.6. The number of anilines is 1. The average molecular weight is 384 g/mol. The predicted octanol–water partition coefficient (Wildman–Crippen LogP) is 1.45. The van der Waals surface area contributed by atoms with Gasteiger partial charge in [-0.3, -0.25) is 4.79 Å². The summed E-state index contributed by atoms with van der Waals surface area (Å²) in [6.45, 7) is 6.05. The Labute approximate surface area is 164 Å². The lowest BCUT2D eigenvalue weighted by Crippen LogP contribution is -2.66. The first-order valence-electron chi connectivity index (χ1n) is 10.4. The van der Waals surface area contributed by atoms with E-state index in [0.29, 0.717) is 18.3 Å². The van der Waals surface area contributed by atoms with E-state index in [4.69, 9.17) is 0 Å². The van der Waals surface area contributed by atoms with Crippen molar-refractivity contribution in [2.45, 2.75) is 57.5 Å². The topological polar surface area (TPSA) is 86.9 Å². The highest BCUT2D eigenvalue weighted by molar-refractivity contribution is 5.78. The molecule has 0 radical (unpaired) electrons. The third-order valence-electron chi connectivity index (χ3n) is 6.88. The van der Waals surface area contributed by atoms with Gasteiger partial charge < -0.3 is 14.9 Å². The van der Waals surface area contributed by atoms with Crippen LogP contribution in [0.4, 0.5) is 5.69 Å². The molecule has 0 unspecified atom stereocenters. The third kappa shape index (κ3) is 2.69. The second-order valence-corrected chi connectivity index (χ2v) is 8.88. The van der Waals surface area contributed by atoms with Gasteiger partial charge in [0.15, 0.2) is 0 Å². The number of piperidine rings is 3. The molecule has 1 amide bonds. The van der Waals surface area contributed by atoms with Gasteiger partial charge in [-0.1, -0.05) is 13.8 Å².